The molecule has 4 nitrogen and oxygen atoms in total. The molecule has 0 amide bonds. The van der Waals surface area contributed by atoms with E-state index in [-0.39, 0.29) is 23.5 Å². The van der Waals surface area contributed by atoms with Crippen molar-refractivity contribution in [2.75, 3.05) is 11.9 Å². The lowest BCUT2D eigenvalue weighted by Crippen LogP contribution is -2.29. The predicted octanol–water partition coefficient (Wildman–Crippen LogP) is 4.25. The smallest absolute Gasteiger partial charge is 0.268 e. The maximum absolute atomic E-state index is 14.0. The minimum absolute atomic E-state index is 0.0951. The van der Waals surface area contributed by atoms with Crippen LogP contribution in [0.2, 0.25) is 0 Å². The first-order valence-electron chi connectivity index (χ1n) is 5.82. The van der Waals surface area contributed by atoms with Gasteiger partial charge in [0.2, 0.25) is 0 Å². The average molecular weight is 287 g/mol. The number of benzene rings is 1. The zero-order valence-corrected chi connectivity index (χ0v) is 11.2. The van der Waals surface area contributed by atoms with Crippen LogP contribution in [0, 0.1) is 11.3 Å². The van der Waals surface area contributed by atoms with E-state index in [9.17, 15) is 18.3 Å². The van der Waals surface area contributed by atoms with Crippen LogP contribution in [0.4, 0.5) is 24.5 Å². The SMILES string of the molecule is C=Cc1cc(N=N)c(NCC(C)(C)O)c(C(F)F)c1F. The van der Waals surface area contributed by atoms with Crippen molar-refractivity contribution >= 4 is 17.5 Å². The van der Waals surface area contributed by atoms with Crippen molar-refractivity contribution < 1.29 is 18.3 Å². The van der Waals surface area contributed by atoms with Crippen molar-refractivity contribution in [3.63, 3.8) is 0 Å². The van der Waals surface area contributed by atoms with Crippen LogP contribution < -0.4 is 5.32 Å². The molecule has 0 spiro atoms. The highest BCUT2D eigenvalue weighted by Crippen LogP contribution is 2.39. The molecular formula is C13H16F3N3O. The van der Waals surface area contributed by atoms with Crippen LogP contribution in [-0.4, -0.2) is 17.3 Å². The summed E-state index contributed by atoms with van der Waals surface area (Å²) < 4.78 is 40.1. The zero-order chi connectivity index (χ0) is 15.5. The molecule has 0 unspecified atom stereocenters. The first kappa shape index (κ1) is 16.2. The number of alkyl halides is 2. The first-order valence-corrected chi connectivity index (χ1v) is 5.82. The molecule has 7 heteroatoms. The average Bonchev–Trinajstić information content (AvgIpc) is 2.34. The van der Waals surface area contributed by atoms with Gasteiger partial charge in [0, 0.05) is 12.1 Å². The molecule has 0 radical (unpaired) electrons. The molecule has 0 saturated carbocycles. The second-order valence-corrected chi connectivity index (χ2v) is 4.87. The van der Waals surface area contributed by atoms with Crippen molar-refractivity contribution in [1.29, 1.82) is 5.53 Å². The van der Waals surface area contributed by atoms with Gasteiger partial charge in [0.15, 0.2) is 0 Å². The molecule has 0 bridgehead atoms. The Kier molecular flexibility index (Phi) is 4.88. The molecule has 0 atom stereocenters. The number of rotatable bonds is 6. The quantitative estimate of drug-likeness (QED) is 0.684. The third kappa shape index (κ3) is 3.57. The predicted molar refractivity (Wildman–Crippen MR) is 71.0 cm³/mol. The molecule has 0 aliphatic heterocycles. The van der Waals surface area contributed by atoms with Gasteiger partial charge in [-0.15, -0.1) is 0 Å². The normalized spacial score (nSPS) is 11.6. The van der Waals surface area contributed by atoms with Crippen molar-refractivity contribution in [2.24, 2.45) is 5.11 Å². The Morgan fingerprint density at radius 2 is 2.15 bits per heavy atom. The van der Waals surface area contributed by atoms with Crippen molar-refractivity contribution in [3.8, 4) is 0 Å². The van der Waals surface area contributed by atoms with Crippen molar-refractivity contribution in [1.82, 2.24) is 0 Å². The van der Waals surface area contributed by atoms with Crippen LogP contribution in [0.25, 0.3) is 6.08 Å². The maximum atomic E-state index is 14.0. The summed E-state index contributed by atoms with van der Waals surface area (Å²) >= 11 is 0. The fourth-order valence-electron chi connectivity index (χ4n) is 1.62. The van der Waals surface area contributed by atoms with E-state index in [1.165, 1.54) is 13.8 Å². The van der Waals surface area contributed by atoms with Gasteiger partial charge in [-0.2, -0.15) is 5.11 Å². The van der Waals surface area contributed by atoms with E-state index >= 15 is 0 Å². The molecule has 110 valence electrons. The van der Waals surface area contributed by atoms with E-state index in [1.54, 1.807) is 0 Å². The summed E-state index contributed by atoms with van der Waals surface area (Å²) in [7, 11) is 0. The molecule has 3 N–H and O–H groups in total. The topological polar surface area (TPSA) is 68.5 Å². The number of halogens is 3. The van der Waals surface area contributed by atoms with Crippen LogP contribution in [0.3, 0.4) is 0 Å². The number of nitrogens with zero attached hydrogens (tertiary/aromatic N) is 1. The number of aliphatic hydroxyl groups is 1. The molecule has 0 aliphatic carbocycles. The molecule has 0 fully saturated rings. The lowest BCUT2D eigenvalue weighted by molar-refractivity contribution is 0.0942. The second-order valence-electron chi connectivity index (χ2n) is 4.87. The highest BCUT2D eigenvalue weighted by molar-refractivity contribution is 5.74. The third-order valence-corrected chi connectivity index (χ3v) is 2.56. The summed E-state index contributed by atoms with van der Waals surface area (Å²) in [5.74, 6) is -1.11. The van der Waals surface area contributed by atoms with Crippen LogP contribution >= 0.6 is 0 Å². The van der Waals surface area contributed by atoms with Gasteiger partial charge in [0.25, 0.3) is 6.43 Å². The van der Waals surface area contributed by atoms with Gasteiger partial charge in [-0.25, -0.2) is 18.7 Å². The molecular weight excluding hydrogens is 271 g/mol. The standard InChI is InChI=1S/C13H16F3N3O/c1-4-7-5-8(19-17)11(18-6-13(2,3)20)9(10(7)14)12(15)16/h4-5,12,17-18,20H,1,6H2,2-3H3. The lowest BCUT2D eigenvalue weighted by atomic mass is 10.0. The van der Waals surface area contributed by atoms with Gasteiger partial charge in [0.05, 0.1) is 16.9 Å². The molecule has 0 aromatic heterocycles. The Labute approximate surface area is 114 Å². The Hall–Kier alpha value is -1.89. The second kappa shape index (κ2) is 6.04. The van der Waals surface area contributed by atoms with E-state index in [1.807, 2.05) is 0 Å². The number of hydrogen-bond donors (Lipinski definition) is 3. The number of hydrogen-bond acceptors (Lipinski definition) is 4. The summed E-state index contributed by atoms with van der Waals surface area (Å²) in [4.78, 5) is 0. The lowest BCUT2D eigenvalue weighted by Gasteiger charge is -2.21. The summed E-state index contributed by atoms with van der Waals surface area (Å²) in [5.41, 5.74) is 4.37. The number of anilines is 1. The van der Waals surface area contributed by atoms with Crippen molar-refractivity contribution in [2.45, 2.75) is 25.9 Å². The zero-order valence-electron chi connectivity index (χ0n) is 11.2. The van der Waals surface area contributed by atoms with E-state index in [4.69, 9.17) is 5.53 Å². The van der Waals surface area contributed by atoms with E-state index < -0.39 is 23.4 Å². The molecule has 20 heavy (non-hydrogen) atoms. The van der Waals surface area contributed by atoms with Gasteiger partial charge in [-0.05, 0) is 19.9 Å². The summed E-state index contributed by atoms with van der Waals surface area (Å²) in [6.07, 6.45) is -2.00. The van der Waals surface area contributed by atoms with Crippen molar-refractivity contribution in [3.05, 3.63) is 29.6 Å². The minimum Gasteiger partial charge on any atom is -0.389 e. The summed E-state index contributed by atoms with van der Waals surface area (Å²) in [6.45, 7) is 6.17. The van der Waals surface area contributed by atoms with E-state index in [2.05, 4.69) is 17.0 Å². The van der Waals surface area contributed by atoms with Gasteiger partial charge in [-0.1, -0.05) is 12.7 Å². The molecule has 0 aliphatic rings. The Balaban J connectivity index is 3.42. The van der Waals surface area contributed by atoms with Gasteiger partial charge in [-0.3, -0.25) is 0 Å². The fourth-order valence-corrected chi connectivity index (χ4v) is 1.62. The van der Waals surface area contributed by atoms with Crippen LogP contribution in [-0.2, 0) is 0 Å². The Morgan fingerprint density at radius 3 is 2.55 bits per heavy atom. The molecule has 1 rings (SSSR count). The van der Waals surface area contributed by atoms with Crippen LogP contribution in [0.15, 0.2) is 17.8 Å². The largest absolute Gasteiger partial charge is 0.389 e. The maximum Gasteiger partial charge on any atom is 0.268 e. The Bertz CT molecular complexity index is 525. The highest BCUT2D eigenvalue weighted by Gasteiger charge is 2.25. The number of nitrogens with one attached hydrogen (secondary N) is 2. The molecule has 0 saturated heterocycles. The first-order chi connectivity index (χ1) is 9.21. The Morgan fingerprint density at radius 1 is 1.55 bits per heavy atom. The van der Waals surface area contributed by atoms with E-state index in [0.717, 1.165) is 12.1 Å². The summed E-state index contributed by atoms with van der Waals surface area (Å²) in [5, 5.41) is 15.3. The van der Waals surface area contributed by atoms with Crippen LogP contribution in [0.5, 0.6) is 0 Å². The minimum atomic E-state index is -3.08. The van der Waals surface area contributed by atoms with Gasteiger partial charge in [0.1, 0.15) is 11.5 Å². The highest BCUT2D eigenvalue weighted by atomic mass is 19.3. The van der Waals surface area contributed by atoms with Crippen LogP contribution in [0.1, 0.15) is 31.4 Å². The third-order valence-electron chi connectivity index (χ3n) is 2.56. The van der Waals surface area contributed by atoms with E-state index in [0.29, 0.717) is 0 Å². The molecule has 0 heterocycles. The summed E-state index contributed by atoms with van der Waals surface area (Å²) in [6, 6.07) is 1.15. The molecule has 1 aromatic carbocycles. The van der Waals surface area contributed by atoms with Gasteiger partial charge < -0.3 is 10.4 Å². The molecule has 1 aromatic rings. The fraction of sp³-hybridized carbons (Fsp3) is 0.385. The monoisotopic (exact) mass is 287 g/mol. The van der Waals surface area contributed by atoms with Gasteiger partial charge >= 0.3 is 0 Å².